The Labute approximate surface area is 55.2 Å². The molecule has 0 radical (unpaired) electrons. The maximum absolute atomic E-state index is 10.9. The Morgan fingerprint density at radius 2 is 2.56 bits per heavy atom. The highest BCUT2D eigenvalue weighted by molar-refractivity contribution is 5.80. The topological polar surface area (TPSA) is 26.3 Å². The first-order valence-corrected chi connectivity index (χ1v) is 3.45. The lowest BCUT2D eigenvalue weighted by atomic mass is 10.0. The summed E-state index contributed by atoms with van der Waals surface area (Å²) in [6, 6.07) is 0. The van der Waals surface area contributed by atoms with Crippen molar-refractivity contribution in [1.82, 2.24) is 0 Å². The van der Waals surface area contributed by atoms with Crippen molar-refractivity contribution in [2.24, 2.45) is 5.92 Å². The zero-order valence-corrected chi connectivity index (χ0v) is 5.72. The van der Waals surface area contributed by atoms with E-state index in [4.69, 9.17) is 4.74 Å². The van der Waals surface area contributed by atoms with Crippen molar-refractivity contribution in [2.75, 3.05) is 13.2 Å². The molecule has 0 spiro atoms. The highest BCUT2D eigenvalue weighted by atomic mass is 16.5. The average molecular weight is 128 g/mol. The molecule has 2 nitrogen and oxygen atoms in total. The zero-order chi connectivity index (χ0) is 6.69. The molecule has 0 saturated carbocycles. The summed E-state index contributed by atoms with van der Waals surface area (Å²) in [5.74, 6) is 0.572. The van der Waals surface area contributed by atoms with Crippen molar-refractivity contribution in [2.45, 2.75) is 19.8 Å². The van der Waals surface area contributed by atoms with Gasteiger partial charge in [-0.05, 0) is 6.42 Å². The summed E-state index contributed by atoms with van der Waals surface area (Å²) in [4.78, 5) is 10.9. The van der Waals surface area contributed by atoms with E-state index in [2.05, 4.69) is 0 Å². The Hall–Kier alpha value is -0.370. The van der Waals surface area contributed by atoms with Gasteiger partial charge in [-0.15, -0.1) is 0 Å². The lowest BCUT2D eigenvalue weighted by molar-refractivity contribution is -0.122. The molecule has 1 rings (SSSR count). The van der Waals surface area contributed by atoms with E-state index in [9.17, 15) is 4.79 Å². The number of ketones is 1. The number of rotatable bonds is 2. The summed E-state index contributed by atoms with van der Waals surface area (Å²) in [6.07, 6.45) is 1.60. The summed E-state index contributed by atoms with van der Waals surface area (Å²) in [5, 5.41) is 0. The van der Waals surface area contributed by atoms with Crippen molar-refractivity contribution >= 4 is 5.78 Å². The number of hydrogen-bond donors (Lipinski definition) is 0. The second-order valence-electron chi connectivity index (χ2n) is 2.38. The lowest BCUT2D eigenvalue weighted by Crippen LogP contribution is -2.12. The summed E-state index contributed by atoms with van der Waals surface area (Å²) >= 11 is 0. The summed E-state index contributed by atoms with van der Waals surface area (Å²) in [6.45, 7) is 3.34. The van der Waals surface area contributed by atoms with Crippen molar-refractivity contribution in [1.29, 1.82) is 0 Å². The standard InChI is InChI=1S/C7H12O2/c1-2-7(8)6-3-4-9-5-6/h6H,2-5H2,1H3/t6-/m0/s1. The first kappa shape index (κ1) is 6.75. The Kier molecular flexibility index (Phi) is 2.22. The van der Waals surface area contributed by atoms with Gasteiger partial charge in [0.15, 0.2) is 0 Å². The van der Waals surface area contributed by atoms with Crippen LogP contribution in [0.25, 0.3) is 0 Å². The molecule has 1 saturated heterocycles. The molecule has 1 aliphatic heterocycles. The average Bonchev–Trinajstić information content (AvgIpc) is 2.37. The fourth-order valence-corrected chi connectivity index (χ4v) is 1.08. The molecule has 0 aliphatic carbocycles. The fourth-order valence-electron chi connectivity index (χ4n) is 1.08. The molecule has 0 aromatic carbocycles. The molecule has 1 heterocycles. The van der Waals surface area contributed by atoms with Crippen LogP contribution in [0.1, 0.15) is 19.8 Å². The van der Waals surface area contributed by atoms with Crippen LogP contribution in [0.4, 0.5) is 0 Å². The largest absolute Gasteiger partial charge is 0.381 e. The summed E-state index contributed by atoms with van der Waals surface area (Å²) < 4.78 is 5.06. The molecule has 52 valence electrons. The van der Waals surface area contributed by atoms with Crippen LogP contribution in [0.15, 0.2) is 0 Å². The molecule has 1 atom stereocenters. The second kappa shape index (κ2) is 2.97. The Bertz CT molecular complexity index is 103. The molecule has 0 unspecified atom stereocenters. The van der Waals surface area contributed by atoms with E-state index < -0.39 is 0 Å². The molecule has 1 fully saturated rings. The predicted molar refractivity (Wildman–Crippen MR) is 34.2 cm³/mol. The lowest BCUT2D eigenvalue weighted by Gasteiger charge is -2.00. The van der Waals surface area contributed by atoms with Gasteiger partial charge in [-0.2, -0.15) is 0 Å². The van der Waals surface area contributed by atoms with Crippen molar-refractivity contribution < 1.29 is 9.53 Å². The number of carbonyl (C=O) groups is 1. The van der Waals surface area contributed by atoms with E-state index >= 15 is 0 Å². The van der Waals surface area contributed by atoms with Crippen LogP contribution >= 0.6 is 0 Å². The zero-order valence-electron chi connectivity index (χ0n) is 5.72. The molecule has 9 heavy (non-hydrogen) atoms. The number of carbonyl (C=O) groups excluding carboxylic acids is 1. The Morgan fingerprint density at radius 1 is 1.78 bits per heavy atom. The normalized spacial score (nSPS) is 26.6. The van der Waals surface area contributed by atoms with E-state index in [0.717, 1.165) is 13.0 Å². The molecular formula is C7H12O2. The van der Waals surface area contributed by atoms with E-state index in [-0.39, 0.29) is 5.92 Å². The van der Waals surface area contributed by atoms with Crippen LogP contribution < -0.4 is 0 Å². The monoisotopic (exact) mass is 128 g/mol. The fraction of sp³-hybridized carbons (Fsp3) is 0.857. The van der Waals surface area contributed by atoms with Crippen LogP contribution in [0.2, 0.25) is 0 Å². The molecule has 0 N–H and O–H groups in total. The van der Waals surface area contributed by atoms with Gasteiger partial charge >= 0.3 is 0 Å². The van der Waals surface area contributed by atoms with Crippen molar-refractivity contribution in [3.63, 3.8) is 0 Å². The quantitative estimate of drug-likeness (QED) is 0.554. The molecule has 1 aliphatic rings. The van der Waals surface area contributed by atoms with Gasteiger partial charge in [0.1, 0.15) is 5.78 Å². The second-order valence-corrected chi connectivity index (χ2v) is 2.38. The van der Waals surface area contributed by atoms with Gasteiger partial charge in [-0.1, -0.05) is 6.92 Å². The van der Waals surface area contributed by atoms with Crippen LogP contribution in [-0.4, -0.2) is 19.0 Å². The van der Waals surface area contributed by atoms with Crippen LogP contribution in [-0.2, 0) is 9.53 Å². The minimum absolute atomic E-state index is 0.218. The number of hydrogen-bond acceptors (Lipinski definition) is 2. The third kappa shape index (κ3) is 1.52. The maximum atomic E-state index is 10.9. The van der Waals surface area contributed by atoms with E-state index in [0.29, 0.717) is 18.8 Å². The van der Waals surface area contributed by atoms with Crippen LogP contribution in [0.5, 0.6) is 0 Å². The first-order valence-electron chi connectivity index (χ1n) is 3.45. The number of Topliss-reactive ketones (excluding diaryl/α,β-unsaturated/α-hetero) is 1. The molecular weight excluding hydrogens is 116 g/mol. The van der Waals surface area contributed by atoms with Gasteiger partial charge in [0.25, 0.3) is 0 Å². The van der Waals surface area contributed by atoms with E-state index in [1.165, 1.54) is 0 Å². The Morgan fingerprint density at radius 3 is 3.00 bits per heavy atom. The van der Waals surface area contributed by atoms with Gasteiger partial charge in [-0.3, -0.25) is 4.79 Å². The van der Waals surface area contributed by atoms with E-state index in [1.807, 2.05) is 6.92 Å². The SMILES string of the molecule is CCC(=O)[C@H]1CCOC1. The van der Waals surface area contributed by atoms with Crippen LogP contribution in [0.3, 0.4) is 0 Å². The minimum atomic E-state index is 0.218. The molecule has 0 amide bonds. The third-order valence-electron chi connectivity index (χ3n) is 1.73. The number of ether oxygens (including phenoxy) is 1. The predicted octanol–water partition coefficient (Wildman–Crippen LogP) is 1.00. The van der Waals surface area contributed by atoms with Gasteiger partial charge in [0.05, 0.1) is 6.61 Å². The van der Waals surface area contributed by atoms with E-state index in [1.54, 1.807) is 0 Å². The highest BCUT2D eigenvalue weighted by Crippen LogP contribution is 2.14. The first-order chi connectivity index (χ1) is 4.34. The smallest absolute Gasteiger partial charge is 0.138 e. The van der Waals surface area contributed by atoms with Crippen LogP contribution in [0, 0.1) is 5.92 Å². The molecule has 0 aromatic heterocycles. The van der Waals surface area contributed by atoms with Gasteiger partial charge in [0.2, 0.25) is 0 Å². The molecule has 0 aromatic rings. The molecule has 2 heteroatoms. The molecule has 0 bridgehead atoms. The Balaban J connectivity index is 2.32. The minimum Gasteiger partial charge on any atom is -0.381 e. The van der Waals surface area contributed by atoms with Crippen molar-refractivity contribution in [3.05, 3.63) is 0 Å². The van der Waals surface area contributed by atoms with Gasteiger partial charge in [-0.25, -0.2) is 0 Å². The summed E-state index contributed by atoms with van der Waals surface area (Å²) in [5.41, 5.74) is 0. The van der Waals surface area contributed by atoms with Gasteiger partial charge < -0.3 is 4.74 Å². The maximum Gasteiger partial charge on any atom is 0.138 e. The van der Waals surface area contributed by atoms with Crippen molar-refractivity contribution in [3.8, 4) is 0 Å². The van der Waals surface area contributed by atoms with Gasteiger partial charge in [0, 0.05) is 18.9 Å². The third-order valence-corrected chi connectivity index (χ3v) is 1.73. The highest BCUT2D eigenvalue weighted by Gasteiger charge is 2.21. The summed E-state index contributed by atoms with van der Waals surface area (Å²) in [7, 11) is 0.